The Hall–Kier alpha value is -1.70. The molecular formula is C15H17F3N2O2S. The van der Waals surface area contributed by atoms with Crippen molar-refractivity contribution in [3.05, 3.63) is 29.3 Å². The molecule has 23 heavy (non-hydrogen) atoms. The normalized spacial score (nSPS) is 17.8. The van der Waals surface area contributed by atoms with Crippen LogP contribution in [0.25, 0.3) is 0 Å². The Morgan fingerprint density at radius 1 is 1.30 bits per heavy atom. The molecule has 0 saturated carbocycles. The number of halogens is 3. The average Bonchev–Trinajstić information content (AvgIpc) is 2.96. The summed E-state index contributed by atoms with van der Waals surface area (Å²) in [5, 5.41) is 5.25. The van der Waals surface area contributed by atoms with Gasteiger partial charge in [0, 0.05) is 30.0 Å². The molecule has 8 heteroatoms. The van der Waals surface area contributed by atoms with E-state index in [1.807, 2.05) is 0 Å². The van der Waals surface area contributed by atoms with Crippen LogP contribution in [0.2, 0.25) is 0 Å². The van der Waals surface area contributed by atoms with Gasteiger partial charge in [-0.05, 0) is 36.8 Å². The SMILES string of the molecule is CC(=O)Nc1cc(C(=O)NCC2CCCS2)cc(C(F)(F)F)c1. The summed E-state index contributed by atoms with van der Waals surface area (Å²) in [5.41, 5.74) is -1.14. The summed E-state index contributed by atoms with van der Waals surface area (Å²) in [5.74, 6) is -0.0372. The van der Waals surface area contributed by atoms with Gasteiger partial charge in [-0.15, -0.1) is 0 Å². The van der Waals surface area contributed by atoms with Crippen molar-refractivity contribution >= 4 is 29.3 Å². The molecule has 1 aromatic carbocycles. The van der Waals surface area contributed by atoms with E-state index < -0.39 is 23.6 Å². The highest BCUT2D eigenvalue weighted by atomic mass is 32.2. The number of thioether (sulfide) groups is 1. The molecule has 1 aromatic rings. The van der Waals surface area contributed by atoms with Gasteiger partial charge in [-0.3, -0.25) is 9.59 Å². The first-order valence-electron chi connectivity index (χ1n) is 7.15. The molecule has 1 heterocycles. The van der Waals surface area contributed by atoms with E-state index in [0.717, 1.165) is 30.7 Å². The van der Waals surface area contributed by atoms with Gasteiger partial charge in [0.2, 0.25) is 5.91 Å². The molecule has 2 N–H and O–H groups in total. The Labute approximate surface area is 136 Å². The fraction of sp³-hybridized carbons (Fsp3) is 0.467. The largest absolute Gasteiger partial charge is 0.416 e. The molecule has 1 unspecified atom stereocenters. The minimum absolute atomic E-state index is 0.0484. The molecule has 1 fully saturated rings. The minimum atomic E-state index is -4.59. The third kappa shape index (κ3) is 5.16. The Bertz CT molecular complexity index is 599. The second kappa shape index (κ2) is 7.25. The molecule has 1 aliphatic heterocycles. The molecule has 0 bridgehead atoms. The van der Waals surface area contributed by atoms with Crippen LogP contribution in [-0.2, 0) is 11.0 Å². The Balaban J connectivity index is 2.17. The zero-order valence-corrected chi connectivity index (χ0v) is 13.3. The van der Waals surface area contributed by atoms with Crippen molar-refractivity contribution in [3.63, 3.8) is 0 Å². The number of hydrogen-bond acceptors (Lipinski definition) is 3. The maximum absolute atomic E-state index is 12.9. The van der Waals surface area contributed by atoms with Gasteiger partial charge in [0.05, 0.1) is 5.56 Å². The first-order valence-corrected chi connectivity index (χ1v) is 8.20. The predicted octanol–water partition coefficient (Wildman–Crippen LogP) is 3.29. The van der Waals surface area contributed by atoms with E-state index >= 15 is 0 Å². The quantitative estimate of drug-likeness (QED) is 0.880. The van der Waals surface area contributed by atoms with Crippen LogP contribution in [0.5, 0.6) is 0 Å². The van der Waals surface area contributed by atoms with E-state index in [-0.39, 0.29) is 11.3 Å². The van der Waals surface area contributed by atoms with Crippen LogP contribution in [0.15, 0.2) is 18.2 Å². The monoisotopic (exact) mass is 346 g/mol. The van der Waals surface area contributed by atoms with Crippen LogP contribution in [0.1, 0.15) is 35.7 Å². The molecule has 1 saturated heterocycles. The fourth-order valence-electron chi connectivity index (χ4n) is 2.31. The molecule has 0 spiro atoms. The zero-order valence-electron chi connectivity index (χ0n) is 12.5. The number of carbonyl (C=O) groups excluding carboxylic acids is 2. The van der Waals surface area contributed by atoms with Crippen molar-refractivity contribution in [2.75, 3.05) is 17.6 Å². The fourth-order valence-corrected chi connectivity index (χ4v) is 3.51. The minimum Gasteiger partial charge on any atom is -0.351 e. The lowest BCUT2D eigenvalue weighted by molar-refractivity contribution is -0.137. The summed E-state index contributed by atoms with van der Waals surface area (Å²) < 4.78 is 38.8. The van der Waals surface area contributed by atoms with Crippen molar-refractivity contribution < 1.29 is 22.8 Å². The highest BCUT2D eigenvalue weighted by Gasteiger charge is 2.32. The molecule has 0 aromatic heterocycles. The van der Waals surface area contributed by atoms with E-state index in [0.29, 0.717) is 11.8 Å². The van der Waals surface area contributed by atoms with Gasteiger partial charge < -0.3 is 10.6 Å². The molecule has 1 atom stereocenters. The second-order valence-corrected chi connectivity index (χ2v) is 6.73. The number of nitrogens with one attached hydrogen (secondary N) is 2. The number of alkyl halides is 3. The molecule has 0 radical (unpaired) electrons. The number of amides is 2. The van der Waals surface area contributed by atoms with Gasteiger partial charge in [-0.2, -0.15) is 24.9 Å². The maximum Gasteiger partial charge on any atom is 0.416 e. The average molecular weight is 346 g/mol. The van der Waals surface area contributed by atoms with Gasteiger partial charge >= 0.3 is 6.18 Å². The number of benzene rings is 1. The molecule has 2 amide bonds. The van der Waals surface area contributed by atoms with E-state index in [1.54, 1.807) is 11.8 Å². The van der Waals surface area contributed by atoms with Crippen molar-refractivity contribution in [3.8, 4) is 0 Å². The van der Waals surface area contributed by atoms with E-state index in [2.05, 4.69) is 10.6 Å². The summed E-state index contributed by atoms with van der Waals surface area (Å²) >= 11 is 1.75. The summed E-state index contributed by atoms with van der Waals surface area (Å²) in [4.78, 5) is 23.2. The smallest absolute Gasteiger partial charge is 0.351 e. The molecular weight excluding hydrogens is 329 g/mol. The predicted molar refractivity (Wildman–Crippen MR) is 83.6 cm³/mol. The molecule has 126 valence electrons. The van der Waals surface area contributed by atoms with Crippen LogP contribution < -0.4 is 10.6 Å². The zero-order chi connectivity index (χ0) is 17.0. The summed E-state index contributed by atoms with van der Waals surface area (Å²) in [6, 6.07) is 2.85. The Morgan fingerprint density at radius 3 is 2.61 bits per heavy atom. The summed E-state index contributed by atoms with van der Waals surface area (Å²) in [6.45, 7) is 1.62. The van der Waals surface area contributed by atoms with Crippen molar-refractivity contribution in [2.45, 2.75) is 31.2 Å². The number of rotatable bonds is 4. The third-order valence-corrected chi connectivity index (χ3v) is 4.76. The van der Waals surface area contributed by atoms with E-state index in [1.165, 1.54) is 13.0 Å². The van der Waals surface area contributed by atoms with Crippen LogP contribution in [0, 0.1) is 0 Å². The van der Waals surface area contributed by atoms with E-state index in [9.17, 15) is 22.8 Å². The third-order valence-electron chi connectivity index (χ3n) is 3.36. The topological polar surface area (TPSA) is 58.2 Å². The van der Waals surface area contributed by atoms with Crippen molar-refractivity contribution in [1.82, 2.24) is 5.32 Å². The Morgan fingerprint density at radius 2 is 2.04 bits per heavy atom. The van der Waals surface area contributed by atoms with Crippen LogP contribution in [-0.4, -0.2) is 29.4 Å². The van der Waals surface area contributed by atoms with Gasteiger partial charge in [0.25, 0.3) is 5.91 Å². The second-order valence-electron chi connectivity index (χ2n) is 5.32. The number of carbonyl (C=O) groups is 2. The van der Waals surface area contributed by atoms with Gasteiger partial charge in [-0.1, -0.05) is 0 Å². The lowest BCUT2D eigenvalue weighted by Crippen LogP contribution is -2.30. The van der Waals surface area contributed by atoms with Crippen molar-refractivity contribution in [2.24, 2.45) is 0 Å². The number of anilines is 1. The van der Waals surface area contributed by atoms with Gasteiger partial charge in [0.15, 0.2) is 0 Å². The molecule has 2 rings (SSSR count). The molecule has 1 aliphatic rings. The standard InChI is InChI=1S/C15H17F3N2O2S/c1-9(21)20-12-6-10(5-11(7-12)15(16,17)18)14(22)19-8-13-3-2-4-23-13/h5-7,13H,2-4,8H2,1H3,(H,19,22)(H,20,21). The summed E-state index contributed by atoms with van der Waals surface area (Å²) in [7, 11) is 0. The lowest BCUT2D eigenvalue weighted by atomic mass is 10.1. The van der Waals surface area contributed by atoms with Crippen LogP contribution in [0.3, 0.4) is 0 Å². The number of hydrogen-bond donors (Lipinski definition) is 2. The van der Waals surface area contributed by atoms with Crippen LogP contribution in [0.4, 0.5) is 18.9 Å². The van der Waals surface area contributed by atoms with Crippen LogP contribution >= 0.6 is 11.8 Å². The van der Waals surface area contributed by atoms with Gasteiger partial charge in [-0.25, -0.2) is 0 Å². The highest BCUT2D eigenvalue weighted by Crippen LogP contribution is 2.32. The van der Waals surface area contributed by atoms with Crippen molar-refractivity contribution in [1.29, 1.82) is 0 Å². The lowest BCUT2D eigenvalue weighted by Gasteiger charge is -2.14. The molecule has 0 aliphatic carbocycles. The Kier molecular flexibility index (Phi) is 5.56. The highest BCUT2D eigenvalue weighted by molar-refractivity contribution is 8.00. The maximum atomic E-state index is 12.9. The summed E-state index contributed by atoms with van der Waals surface area (Å²) in [6.07, 6.45) is -2.52. The van der Waals surface area contributed by atoms with Gasteiger partial charge in [0.1, 0.15) is 0 Å². The first kappa shape index (κ1) is 17.7. The van der Waals surface area contributed by atoms with E-state index in [4.69, 9.17) is 0 Å². The molecule has 4 nitrogen and oxygen atoms in total. The first-order chi connectivity index (χ1) is 10.8.